The van der Waals surface area contributed by atoms with E-state index in [0.717, 1.165) is 4.47 Å². The van der Waals surface area contributed by atoms with Gasteiger partial charge in [0.05, 0.1) is 0 Å². The highest BCUT2D eigenvalue weighted by Crippen LogP contribution is 2.54. The molecule has 94 valence electrons. The summed E-state index contributed by atoms with van der Waals surface area (Å²) in [5, 5.41) is 4.11. The summed E-state index contributed by atoms with van der Waals surface area (Å²) >= 11 is 5.55. The Bertz CT molecular complexity index is 1010. The van der Waals surface area contributed by atoms with Crippen LogP contribution in [0.1, 0.15) is 0 Å². The van der Waals surface area contributed by atoms with E-state index in [-0.39, 0.29) is 0 Å². The van der Waals surface area contributed by atoms with E-state index >= 15 is 0 Å². The fraction of sp³-hybridized carbons (Fsp3) is 0. The van der Waals surface area contributed by atoms with Gasteiger partial charge in [-0.3, -0.25) is 0 Å². The fourth-order valence-corrected chi connectivity index (χ4v) is 5.00. The highest BCUT2D eigenvalue weighted by atomic mass is 79.9. The quantitative estimate of drug-likeness (QED) is 0.304. The van der Waals surface area contributed by atoms with Gasteiger partial charge in [0.15, 0.2) is 0 Å². The van der Waals surface area contributed by atoms with Gasteiger partial charge in [0.1, 0.15) is 0 Å². The van der Waals surface area contributed by atoms with Crippen LogP contribution in [-0.2, 0) is 0 Å². The highest BCUT2D eigenvalue weighted by Gasteiger charge is 2.25. The van der Waals surface area contributed by atoms with Crippen LogP contribution in [0.4, 0.5) is 0 Å². The van der Waals surface area contributed by atoms with Crippen molar-refractivity contribution < 1.29 is 0 Å². The Balaban J connectivity index is 2.07. The van der Waals surface area contributed by atoms with Gasteiger partial charge in [-0.1, -0.05) is 52.3 Å². The van der Waals surface area contributed by atoms with Crippen molar-refractivity contribution in [3.63, 3.8) is 0 Å². The lowest BCUT2D eigenvalue weighted by Gasteiger charge is -2.04. The molecule has 1 heterocycles. The molecule has 0 spiro atoms. The van der Waals surface area contributed by atoms with Gasteiger partial charge in [-0.05, 0) is 34.5 Å². The van der Waals surface area contributed by atoms with Crippen LogP contribution in [0, 0.1) is 0 Å². The zero-order valence-electron chi connectivity index (χ0n) is 10.5. The summed E-state index contributed by atoms with van der Waals surface area (Å²) < 4.78 is 2.53. The van der Waals surface area contributed by atoms with Crippen molar-refractivity contribution in [2.24, 2.45) is 0 Å². The number of halogens is 1. The van der Waals surface area contributed by atoms with Gasteiger partial charge in [-0.25, -0.2) is 0 Å². The third-order valence-corrected chi connectivity index (χ3v) is 5.71. The molecule has 0 atom stereocenters. The molecule has 20 heavy (non-hydrogen) atoms. The summed E-state index contributed by atoms with van der Waals surface area (Å²) in [6, 6.07) is 19.8. The Kier molecular flexibility index (Phi) is 2.06. The molecule has 0 unspecified atom stereocenters. The van der Waals surface area contributed by atoms with Crippen LogP contribution in [0.25, 0.3) is 42.4 Å². The third kappa shape index (κ3) is 1.26. The second-order valence-electron chi connectivity index (χ2n) is 5.16. The average Bonchev–Trinajstić information content (AvgIpc) is 2.97. The molecular weight excluding hydrogens is 328 g/mol. The molecule has 0 N–H and O–H groups in total. The predicted molar refractivity (Wildman–Crippen MR) is 91.5 cm³/mol. The van der Waals surface area contributed by atoms with Gasteiger partial charge in [-0.2, -0.15) is 0 Å². The monoisotopic (exact) mass is 336 g/mol. The maximum Gasteiger partial charge on any atom is 0.0440 e. The predicted octanol–water partition coefficient (Wildman–Crippen LogP) is 6.46. The Morgan fingerprint density at radius 3 is 2.70 bits per heavy atom. The SMILES string of the molecule is Brc1cc2c3c(cccc3c1)-c1c-2sc2ccccc12. The topological polar surface area (TPSA) is 0 Å². The maximum absolute atomic E-state index is 3.65. The summed E-state index contributed by atoms with van der Waals surface area (Å²) in [7, 11) is 0. The second kappa shape index (κ2) is 3.72. The zero-order valence-corrected chi connectivity index (χ0v) is 12.9. The van der Waals surface area contributed by atoms with E-state index in [4.69, 9.17) is 0 Å². The van der Waals surface area contributed by atoms with Crippen LogP contribution in [-0.4, -0.2) is 0 Å². The molecular formula is C18H9BrS. The molecule has 2 heteroatoms. The van der Waals surface area contributed by atoms with E-state index < -0.39 is 0 Å². The highest BCUT2D eigenvalue weighted by molar-refractivity contribution is 9.10. The van der Waals surface area contributed by atoms with E-state index in [1.165, 1.54) is 42.4 Å². The van der Waals surface area contributed by atoms with E-state index in [1.54, 1.807) is 0 Å². The first-order valence-electron chi connectivity index (χ1n) is 6.57. The van der Waals surface area contributed by atoms with Crippen molar-refractivity contribution >= 4 is 48.1 Å². The third-order valence-electron chi connectivity index (χ3n) is 4.05. The number of fused-ring (bicyclic) bond motifs is 5. The largest absolute Gasteiger partial charge is 0.135 e. The van der Waals surface area contributed by atoms with Gasteiger partial charge in [0.2, 0.25) is 0 Å². The van der Waals surface area contributed by atoms with Crippen LogP contribution >= 0.6 is 27.3 Å². The number of hydrogen-bond donors (Lipinski definition) is 0. The van der Waals surface area contributed by atoms with Gasteiger partial charge in [-0.15, -0.1) is 11.3 Å². The minimum Gasteiger partial charge on any atom is -0.135 e. The molecule has 4 aromatic rings. The summed E-state index contributed by atoms with van der Waals surface area (Å²) in [5.74, 6) is 0. The van der Waals surface area contributed by atoms with E-state index in [9.17, 15) is 0 Å². The van der Waals surface area contributed by atoms with Crippen molar-refractivity contribution in [3.05, 3.63) is 59.1 Å². The number of rotatable bonds is 0. The number of benzene rings is 3. The van der Waals surface area contributed by atoms with E-state index in [2.05, 4.69) is 70.5 Å². The molecule has 0 amide bonds. The minimum atomic E-state index is 1.16. The maximum atomic E-state index is 3.65. The molecule has 1 aromatic heterocycles. The molecule has 3 aromatic carbocycles. The summed E-state index contributed by atoms with van der Waals surface area (Å²) in [6.07, 6.45) is 0. The molecule has 1 aliphatic carbocycles. The average molecular weight is 337 g/mol. The molecule has 1 aliphatic rings. The molecule has 0 radical (unpaired) electrons. The molecule has 0 fully saturated rings. The lowest BCUT2D eigenvalue weighted by Crippen LogP contribution is -1.77. The summed E-state index contributed by atoms with van der Waals surface area (Å²) in [6.45, 7) is 0. The Hall–Kier alpha value is -1.64. The molecule has 0 saturated carbocycles. The lowest BCUT2D eigenvalue weighted by atomic mass is 10.0. The standard InChI is InChI=1S/C18H9BrS/c19-11-8-10-4-3-6-13-16(10)14(9-11)18-17(13)12-5-1-2-7-15(12)20-18/h1-9H. The van der Waals surface area contributed by atoms with Crippen molar-refractivity contribution in [1.29, 1.82) is 0 Å². The first kappa shape index (κ1) is 11.1. The minimum absolute atomic E-state index is 1.16. The van der Waals surface area contributed by atoms with E-state index in [1.807, 2.05) is 11.3 Å². The van der Waals surface area contributed by atoms with Gasteiger partial charge in [0, 0.05) is 30.6 Å². The smallest absolute Gasteiger partial charge is 0.0440 e. The van der Waals surface area contributed by atoms with Crippen molar-refractivity contribution in [2.75, 3.05) is 0 Å². The number of hydrogen-bond acceptors (Lipinski definition) is 1. The van der Waals surface area contributed by atoms with Crippen LogP contribution in [0.15, 0.2) is 59.1 Å². The van der Waals surface area contributed by atoms with Gasteiger partial charge >= 0.3 is 0 Å². The van der Waals surface area contributed by atoms with Gasteiger partial charge < -0.3 is 0 Å². The first-order valence-corrected chi connectivity index (χ1v) is 8.18. The van der Waals surface area contributed by atoms with Gasteiger partial charge in [0.25, 0.3) is 0 Å². The lowest BCUT2D eigenvalue weighted by molar-refractivity contribution is 1.73. The van der Waals surface area contributed by atoms with Crippen LogP contribution in [0.5, 0.6) is 0 Å². The fourth-order valence-electron chi connectivity index (χ4n) is 3.28. The Morgan fingerprint density at radius 1 is 0.850 bits per heavy atom. The van der Waals surface area contributed by atoms with E-state index in [0.29, 0.717) is 0 Å². The molecule has 5 rings (SSSR count). The molecule has 0 saturated heterocycles. The van der Waals surface area contributed by atoms with Crippen molar-refractivity contribution in [1.82, 2.24) is 0 Å². The molecule has 0 nitrogen and oxygen atoms in total. The van der Waals surface area contributed by atoms with Crippen LogP contribution < -0.4 is 0 Å². The Labute approximate surface area is 128 Å². The normalized spacial score (nSPS) is 12.2. The first-order chi connectivity index (χ1) is 9.83. The molecule has 0 aliphatic heterocycles. The summed E-state index contributed by atoms with van der Waals surface area (Å²) in [5.41, 5.74) is 4.18. The summed E-state index contributed by atoms with van der Waals surface area (Å²) in [4.78, 5) is 1.42. The van der Waals surface area contributed by atoms with Crippen molar-refractivity contribution in [3.8, 4) is 21.6 Å². The number of thiophene rings is 1. The molecule has 0 bridgehead atoms. The van der Waals surface area contributed by atoms with Crippen LogP contribution in [0.3, 0.4) is 0 Å². The van der Waals surface area contributed by atoms with Crippen LogP contribution in [0.2, 0.25) is 0 Å². The Morgan fingerprint density at radius 2 is 1.75 bits per heavy atom. The second-order valence-corrected chi connectivity index (χ2v) is 7.13. The van der Waals surface area contributed by atoms with Crippen molar-refractivity contribution in [2.45, 2.75) is 0 Å². The zero-order chi connectivity index (χ0) is 13.3.